The van der Waals surface area contributed by atoms with E-state index in [-0.39, 0.29) is 24.4 Å². The summed E-state index contributed by atoms with van der Waals surface area (Å²) in [7, 11) is -2.33. The van der Waals surface area contributed by atoms with Gasteiger partial charge >= 0.3 is 5.97 Å². The van der Waals surface area contributed by atoms with Crippen LogP contribution in [0.25, 0.3) is 10.8 Å². The minimum Gasteiger partial charge on any atom is -0.481 e. The molecule has 24 heavy (non-hydrogen) atoms. The van der Waals surface area contributed by atoms with Crippen molar-refractivity contribution in [1.29, 1.82) is 0 Å². The number of carbonyl (C=O) groups excluding carboxylic acids is 1. The second-order valence-corrected chi connectivity index (χ2v) is 7.43. The molecule has 0 saturated carbocycles. The minimum atomic E-state index is -3.79. The van der Waals surface area contributed by atoms with Crippen LogP contribution >= 0.6 is 0 Å². The molecule has 7 nitrogen and oxygen atoms in total. The van der Waals surface area contributed by atoms with Crippen molar-refractivity contribution in [2.45, 2.75) is 11.3 Å². The topological polar surface area (TPSA) is 95.0 Å². The van der Waals surface area contributed by atoms with Crippen LogP contribution in [0, 0.1) is 0 Å². The van der Waals surface area contributed by atoms with Gasteiger partial charge in [-0.25, -0.2) is 8.42 Å². The Morgan fingerprint density at radius 1 is 1.17 bits per heavy atom. The lowest BCUT2D eigenvalue weighted by molar-refractivity contribution is -0.138. The number of nitrogens with zero attached hydrogens (tertiary/aromatic N) is 2. The maximum atomic E-state index is 12.8. The van der Waals surface area contributed by atoms with Gasteiger partial charge < -0.3 is 10.0 Å². The summed E-state index contributed by atoms with van der Waals surface area (Å²) >= 11 is 0. The number of amides is 1. The number of hydrogen-bond acceptors (Lipinski definition) is 4. The number of anilines is 1. The van der Waals surface area contributed by atoms with Crippen LogP contribution in [0.5, 0.6) is 0 Å². The zero-order chi connectivity index (χ0) is 17.5. The summed E-state index contributed by atoms with van der Waals surface area (Å²) in [6.45, 7) is -0.328. The molecule has 0 saturated heterocycles. The van der Waals surface area contributed by atoms with Gasteiger partial charge in [0.1, 0.15) is 6.54 Å². The van der Waals surface area contributed by atoms with Crippen LogP contribution in [-0.4, -0.2) is 50.4 Å². The Hall–Kier alpha value is -2.61. The third-order valence-corrected chi connectivity index (χ3v) is 5.85. The van der Waals surface area contributed by atoms with E-state index in [1.807, 2.05) is 12.1 Å². The first kappa shape index (κ1) is 16.3. The zero-order valence-corrected chi connectivity index (χ0v) is 13.8. The SMILES string of the molecule is CN(CCC(=O)O)C(=O)CN1c2cccc3cccc(c23)S1(=O)=O. The van der Waals surface area contributed by atoms with Gasteiger partial charge in [-0.3, -0.25) is 13.9 Å². The van der Waals surface area contributed by atoms with E-state index in [1.165, 1.54) is 18.0 Å². The molecule has 0 unspecified atom stereocenters. The van der Waals surface area contributed by atoms with Crippen molar-refractivity contribution < 1.29 is 23.1 Å². The number of carboxylic acids is 1. The molecule has 1 amide bonds. The number of carboxylic acid groups (broad SMARTS) is 1. The maximum Gasteiger partial charge on any atom is 0.305 e. The van der Waals surface area contributed by atoms with E-state index >= 15 is 0 Å². The molecule has 1 N–H and O–H groups in total. The molecule has 0 bridgehead atoms. The van der Waals surface area contributed by atoms with Gasteiger partial charge in [0.25, 0.3) is 10.0 Å². The summed E-state index contributed by atoms with van der Waals surface area (Å²) in [4.78, 5) is 24.3. The highest BCUT2D eigenvalue weighted by molar-refractivity contribution is 7.93. The Bertz CT molecular complexity index is 933. The van der Waals surface area contributed by atoms with E-state index in [9.17, 15) is 18.0 Å². The summed E-state index contributed by atoms with van der Waals surface area (Å²) in [6.07, 6.45) is -0.190. The van der Waals surface area contributed by atoms with Gasteiger partial charge in [0.2, 0.25) is 5.91 Å². The summed E-state index contributed by atoms with van der Waals surface area (Å²) < 4.78 is 26.6. The molecule has 0 fully saturated rings. The van der Waals surface area contributed by atoms with Gasteiger partial charge in [-0.1, -0.05) is 24.3 Å². The van der Waals surface area contributed by atoms with Crippen molar-refractivity contribution >= 4 is 38.4 Å². The van der Waals surface area contributed by atoms with Crippen molar-refractivity contribution in [3.05, 3.63) is 36.4 Å². The highest BCUT2D eigenvalue weighted by atomic mass is 32.2. The number of carbonyl (C=O) groups is 2. The Balaban J connectivity index is 1.92. The van der Waals surface area contributed by atoms with Gasteiger partial charge in [0, 0.05) is 19.0 Å². The molecular weight excluding hydrogens is 332 g/mol. The highest BCUT2D eigenvalue weighted by Crippen LogP contribution is 2.41. The van der Waals surface area contributed by atoms with Gasteiger partial charge in [-0.05, 0) is 17.5 Å². The third-order valence-electron chi connectivity index (χ3n) is 4.05. The van der Waals surface area contributed by atoms with Crippen LogP contribution in [0.4, 0.5) is 5.69 Å². The number of benzene rings is 2. The summed E-state index contributed by atoms with van der Waals surface area (Å²) in [6, 6.07) is 10.3. The van der Waals surface area contributed by atoms with Crippen LogP contribution < -0.4 is 4.31 Å². The van der Waals surface area contributed by atoms with E-state index in [0.717, 1.165) is 9.69 Å². The maximum absolute atomic E-state index is 12.8. The molecule has 0 aromatic heterocycles. The summed E-state index contributed by atoms with van der Waals surface area (Å²) in [5.41, 5.74) is 0.475. The molecule has 2 aromatic rings. The zero-order valence-electron chi connectivity index (χ0n) is 13.0. The molecule has 0 radical (unpaired) electrons. The lowest BCUT2D eigenvalue weighted by Gasteiger charge is -2.22. The number of rotatable bonds is 5. The number of likely N-dealkylation sites (N-methyl/N-ethyl adjacent to an activating group) is 1. The van der Waals surface area contributed by atoms with Gasteiger partial charge in [0.05, 0.1) is 17.0 Å². The summed E-state index contributed by atoms with van der Waals surface area (Å²) in [5, 5.41) is 10.1. The van der Waals surface area contributed by atoms with E-state index in [2.05, 4.69) is 0 Å². The van der Waals surface area contributed by atoms with Gasteiger partial charge in [-0.2, -0.15) is 0 Å². The molecule has 1 aliphatic heterocycles. The lowest BCUT2D eigenvalue weighted by atomic mass is 10.1. The highest BCUT2D eigenvalue weighted by Gasteiger charge is 2.37. The molecule has 0 aliphatic carbocycles. The Labute approximate surface area is 139 Å². The van der Waals surface area contributed by atoms with Crippen molar-refractivity contribution in [3.63, 3.8) is 0 Å². The Kier molecular flexibility index (Phi) is 3.92. The Morgan fingerprint density at radius 2 is 1.83 bits per heavy atom. The average molecular weight is 348 g/mol. The molecular formula is C16H16N2O5S. The molecule has 1 aliphatic rings. The fourth-order valence-corrected chi connectivity index (χ4v) is 4.42. The standard InChI is InChI=1S/C16H16N2O5S/c1-17(9-8-15(20)21)14(19)10-18-12-6-2-4-11-5-3-7-13(16(11)12)24(18,22)23/h2-7H,8-10H2,1H3,(H,20,21). The average Bonchev–Trinajstić information content (AvgIpc) is 2.76. The van der Waals surface area contributed by atoms with Crippen molar-refractivity contribution in [2.75, 3.05) is 24.4 Å². The fourth-order valence-electron chi connectivity index (χ4n) is 2.76. The minimum absolute atomic E-state index is 0.0270. The molecule has 0 atom stereocenters. The third kappa shape index (κ3) is 2.58. The van der Waals surface area contributed by atoms with Crippen molar-refractivity contribution in [3.8, 4) is 0 Å². The molecule has 2 aromatic carbocycles. The molecule has 8 heteroatoms. The monoisotopic (exact) mass is 348 g/mol. The fraction of sp³-hybridized carbons (Fsp3) is 0.250. The first-order valence-electron chi connectivity index (χ1n) is 7.32. The number of sulfonamides is 1. The normalized spacial score (nSPS) is 14.8. The lowest BCUT2D eigenvalue weighted by Crippen LogP contribution is -2.40. The molecule has 0 spiro atoms. The van der Waals surface area contributed by atoms with Crippen LogP contribution in [-0.2, 0) is 19.6 Å². The van der Waals surface area contributed by atoms with Crippen LogP contribution in [0.2, 0.25) is 0 Å². The number of aliphatic carboxylic acids is 1. The van der Waals surface area contributed by atoms with Crippen molar-refractivity contribution in [2.24, 2.45) is 0 Å². The van der Waals surface area contributed by atoms with Gasteiger partial charge in [-0.15, -0.1) is 0 Å². The largest absolute Gasteiger partial charge is 0.481 e. The smallest absolute Gasteiger partial charge is 0.305 e. The first-order valence-corrected chi connectivity index (χ1v) is 8.76. The van der Waals surface area contributed by atoms with Gasteiger partial charge in [0.15, 0.2) is 0 Å². The summed E-state index contributed by atoms with van der Waals surface area (Å²) in [5.74, 6) is -1.47. The quantitative estimate of drug-likeness (QED) is 0.878. The van der Waals surface area contributed by atoms with E-state index in [4.69, 9.17) is 5.11 Å². The van der Waals surface area contributed by atoms with Crippen LogP contribution in [0.1, 0.15) is 6.42 Å². The van der Waals surface area contributed by atoms with Crippen LogP contribution in [0.3, 0.4) is 0 Å². The second kappa shape index (κ2) is 5.79. The van der Waals surface area contributed by atoms with E-state index in [1.54, 1.807) is 18.2 Å². The Morgan fingerprint density at radius 3 is 2.50 bits per heavy atom. The predicted octanol–water partition coefficient (Wildman–Crippen LogP) is 1.28. The van der Waals surface area contributed by atoms with E-state index < -0.39 is 21.9 Å². The number of hydrogen-bond donors (Lipinski definition) is 1. The molecule has 1 heterocycles. The van der Waals surface area contributed by atoms with Crippen LogP contribution in [0.15, 0.2) is 41.3 Å². The second-order valence-electron chi connectivity index (χ2n) is 5.60. The predicted molar refractivity (Wildman–Crippen MR) is 88.4 cm³/mol. The van der Waals surface area contributed by atoms with Crippen molar-refractivity contribution in [1.82, 2.24) is 4.90 Å². The van der Waals surface area contributed by atoms with E-state index in [0.29, 0.717) is 11.1 Å². The molecule has 3 rings (SSSR count). The first-order chi connectivity index (χ1) is 11.3. The molecule has 126 valence electrons.